The van der Waals surface area contributed by atoms with E-state index < -0.39 is 0 Å². The van der Waals surface area contributed by atoms with E-state index in [1.165, 1.54) is 77.1 Å². The Morgan fingerprint density at radius 2 is 1.00 bits per heavy atom. The first-order valence-corrected chi connectivity index (χ1v) is 19.9. The SMILES string of the molecule is CC1(C)c2ccccc2-c2ccc(N(c3ccc(-c4cccc5ccccc45)cc3)c3ccccc3-c3ccc4c(c3)c3ccccc3n4-c3ccccc3)cc21. The first-order valence-electron chi connectivity index (χ1n) is 19.9. The van der Waals surface area contributed by atoms with Crippen molar-refractivity contribution < 1.29 is 0 Å². The number of hydrogen-bond acceptors (Lipinski definition) is 1. The number of para-hydroxylation sites is 3. The van der Waals surface area contributed by atoms with Crippen molar-refractivity contribution in [2.24, 2.45) is 0 Å². The van der Waals surface area contributed by atoms with Crippen LogP contribution in [0.2, 0.25) is 0 Å². The average molecular weight is 729 g/mol. The van der Waals surface area contributed by atoms with Crippen LogP contribution in [0, 0.1) is 0 Å². The van der Waals surface area contributed by atoms with Crippen molar-refractivity contribution in [3.63, 3.8) is 0 Å². The van der Waals surface area contributed by atoms with Crippen LogP contribution in [-0.4, -0.2) is 4.57 Å². The average Bonchev–Trinajstić information content (AvgIpc) is 3.72. The van der Waals surface area contributed by atoms with Crippen LogP contribution in [-0.2, 0) is 5.41 Å². The summed E-state index contributed by atoms with van der Waals surface area (Å²) in [5.41, 5.74) is 17.0. The van der Waals surface area contributed by atoms with Gasteiger partial charge in [0.1, 0.15) is 0 Å². The van der Waals surface area contributed by atoms with E-state index in [0.29, 0.717) is 0 Å². The number of fused-ring (bicyclic) bond motifs is 7. The lowest BCUT2D eigenvalue weighted by Gasteiger charge is -2.30. The molecule has 0 fully saturated rings. The summed E-state index contributed by atoms with van der Waals surface area (Å²) in [4.78, 5) is 2.46. The fraction of sp³-hybridized carbons (Fsp3) is 0.0545. The lowest BCUT2D eigenvalue weighted by Crippen LogP contribution is -2.16. The molecule has 10 aromatic rings. The van der Waals surface area contributed by atoms with E-state index in [0.717, 1.165) is 22.7 Å². The molecule has 2 nitrogen and oxygen atoms in total. The van der Waals surface area contributed by atoms with E-state index >= 15 is 0 Å². The molecule has 0 saturated carbocycles. The quantitative estimate of drug-likeness (QED) is 0.165. The van der Waals surface area contributed by atoms with Crippen molar-refractivity contribution in [3.05, 3.63) is 217 Å². The highest BCUT2D eigenvalue weighted by Gasteiger charge is 2.36. The number of nitrogens with zero attached hydrogens (tertiary/aromatic N) is 2. The summed E-state index contributed by atoms with van der Waals surface area (Å²) in [6.45, 7) is 4.72. The molecule has 270 valence electrons. The van der Waals surface area contributed by atoms with Gasteiger partial charge in [-0.05, 0) is 110 Å². The molecule has 0 radical (unpaired) electrons. The Kier molecular flexibility index (Phi) is 7.55. The number of rotatable bonds is 6. The molecule has 1 heterocycles. The molecular formula is C55H40N2. The second-order valence-electron chi connectivity index (χ2n) is 15.7. The molecule has 0 bridgehead atoms. The molecule has 11 rings (SSSR count). The molecule has 0 unspecified atom stereocenters. The van der Waals surface area contributed by atoms with E-state index in [9.17, 15) is 0 Å². The molecule has 0 spiro atoms. The van der Waals surface area contributed by atoms with Crippen LogP contribution in [0.15, 0.2) is 206 Å². The zero-order chi connectivity index (χ0) is 38.1. The van der Waals surface area contributed by atoms with Gasteiger partial charge in [0.05, 0.1) is 16.7 Å². The van der Waals surface area contributed by atoms with Gasteiger partial charge in [0, 0.05) is 38.8 Å². The maximum atomic E-state index is 2.46. The zero-order valence-electron chi connectivity index (χ0n) is 32.0. The highest BCUT2D eigenvalue weighted by Crippen LogP contribution is 2.51. The molecule has 1 aromatic heterocycles. The van der Waals surface area contributed by atoms with E-state index in [1.807, 2.05) is 0 Å². The molecule has 9 aromatic carbocycles. The third-order valence-corrected chi connectivity index (χ3v) is 12.2. The van der Waals surface area contributed by atoms with E-state index in [-0.39, 0.29) is 5.41 Å². The topological polar surface area (TPSA) is 8.17 Å². The fourth-order valence-electron chi connectivity index (χ4n) is 9.43. The molecule has 1 aliphatic carbocycles. The summed E-state index contributed by atoms with van der Waals surface area (Å²) in [5, 5.41) is 5.00. The molecule has 0 N–H and O–H groups in total. The van der Waals surface area contributed by atoms with Gasteiger partial charge in [-0.3, -0.25) is 0 Å². The third kappa shape index (κ3) is 5.25. The Bertz CT molecular complexity index is 3140. The molecule has 0 saturated heterocycles. The summed E-state index contributed by atoms with van der Waals surface area (Å²) in [6.07, 6.45) is 0. The number of anilines is 3. The second-order valence-corrected chi connectivity index (χ2v) is 15.7. The van der Waals surface area contributed by atoms with E-state index in [2.05, 4.69) is 230 Å². The molecule has 0 atom stereocenters. The Hall–Kier alpha value is -7.16. The normalized spacial score (nSPS) is 12.9. The second kappa shape index (κ2) is 13.0. The van der Waals surface area contributed by atoms with Gasteiger partial charge >= 0.3 is 0 Å². The lowest BCUT2D eigenvalue weighted by molar-refractivity contribution is 0.660. The maximum absolute atomic E-state index is 2.46. The molecule has 57 heavy (non-hydrogen) atoms. The lowest BCUT2D eigenvalue weighted by atomic mass is 9.82. The predicted molar refractivity (Wildman–Crippen MR) is 241 cm³/mol. The van der Waals surface area contributed by atoms with Crippen molar-refractivity contribution in [1.82, 2.24) is 4.57 Å². The largest absolute Gasteiger partial charge is 0.310 e. The smallest absolute Gasteiger partial charge is 0.0541 e. The van der Waals surface area contributed by atoms with Crippen LogP contribution in [0.4, 0.5) is 17.1 Å². The maximum Gasteiger partial charge on any atom is 0.0541 e. The number of aromatic nitrogens is 1. The molecule has 0 aliphatic heterocycles. The summed E-state index contributed by atoms with van der Waals surface area (Å²) in [6, 6.07) is 75.7. The standard InChI is InChI=1S/C55H40N2/c1-55(2)50-24-11-8-21-46(50)47-33-32-42(36-51(47)55)56(41-30-27-38(28-31-41)44-23-14-16-37-15-6-7-19-43(37)44)52-25-12-9-20-45(52)39-29-34-54-49(35-39)48-22-10-13-26-53(48)57(54)40-17-4-3-5-18-40/h3-36H,1-2H3. The van der Waals surface area contributed by atoms with Crippen LogP contribution in [0.25, 0.3) is 71.6 Å². The van der Waals surface area contributed by atoms with Gasteiger partial charge < -0.3 is 9.47 Å². The Morgan fingerprint density at radius 3 is 1.86 bits per heavy atom. The minimum absolute atomic E-state index is 0.122. The number of hydrogen-bond donors (Lipinski definition) is 0. The van der Waals surface area contributed by atoms with Crippen LogP contribution in [0.5, 0.6) is 0 Å². The Balaban J connectivity index is 1.10. The summed E-state index contributed by atoms with van der Waals surface area (Å²) in [5.74, 6) is 0. The minimum atomic E-state index is -0.122. The fourth-order valence-corrected chi connectivity index (χ4v) is 9.43. The molecule has 1 aliphatic rings. The van der Waals surface area contributed by atoms with Gasteiger partial charge in [0.25, 0.3) is 0 Å². The first-order chi connectivity index (χ1) is 28.0. The monoisotopic (exact) mass is 728 g/mol. The molecular weight excluding hydrogens is 689 g/mol. The van der Waals surface area contributed by atoms with Gasteiger partial charge in [0.15, 0.2) is 0 Å². The van der Waals surface area contributed by atoms with Crippen molar-refractivity contribution in [1.29, 1.82) is 0 Å². The van der Waals surface area contributed by atoms with Crippen LogP contribution in [0.1, 0.15) is 25.0 Å². The van der Waals surface area contributed by atoms with Crippen molar-refractivity contribution in [2.75, 3.05) is 4.90 Å². The number of benzene rings is 9. The van der Waals surface area contributed by atoms with Gasteiger partial charge in [-0.1, -0.05) is 159 Å². The van der Waals surface area contributed by atoms with E-state index in [4.69, 9.17) is 0 Å². The van der Waals surface area contributed by atoms with Crippen LogP contribution < -0.4 is 4.90 Å². The Labute approximate surface area is 333 Å². The molecule has 0 amide bonds. The first kappa shape index (κ1) is 33.2. The van der Waals surface area contributed by atoms with E-state index in [1.54, 1.807) is 0 Å². The van der Waals surface area contributed by atoms with Crippen molar-refractivity contribution >= 4 is 49.6 Å². The summed E-state index contributed by atoms with van der Waals surface area (Å²) in [7, 11) is 0. The van der Waals surface area contributed by atoms with Gasteiger partial charge in [-0.15, -0.1) is 0 Å². The summed E-state index contributed by atoms with van der Waals surface area (Å²) < 4.78 is 2.38. The highest BCUT2D eigenvalue weighted by atomic mass is 15.1. The zero-order valence-corrected chi connectivity index (χ0v) is 32.0. The summed E-state index contributed by atoms with van der Waals surface area (Å²) >= 11 is 0. The van der Waals surface area contributed by atoms with Gasteiger partial charge in [0.2, 0.25) is 0 Å². The van der Waals surface area contributed by atoms with Crippen molar-refractivity contribution in [2.45, 2.75) is 19.3 Å². The predicted octanol–water partition coefficient (Wildman–Crippen LogP) is 15.0. The Morgan fingerprint density at radius 1 is 0.386 bits per heavy atom. The highest BCUT2D eigenvalue weighted by molar-refractivity contribution is 6.11. The molecule has 2 heteroatoms. The van der Waals surface area contributed by atoms with Crippen LogP contribution >= 0.6 is 0 Å². The van der Waals surface area contributed by atoms with Crippen molar-refractivity contribution in [3.8, 4) is 39.1 Å². The van der Waals surface area contributed by atoms with Gasteiger partial charge in [-0.25, -0.2) is 0 Å². The minimum Gasteiger partial charge on any atom is -0.310 e. The van der Waals surface area contributed by atoms with Crippen LogP contribution in [0.3, 0.4) is 0 Å². The van der Waals surface area contributed by atoms with Gasteiger partial charge in [-0.2, -0.15) is 0 Å². The third-order valence-electron chi connectivity index (χ3n) is 12.2.